The lowest BCUT2D eigenvalue weighted by atomic mass is 9.94. The van der Waals surface area contributed by atoms with Crippen LogP contribution in [0.15, 0.2) is 24.3 Å². The maximum absolute atomic E-state index is 12.2. The van der Waals surface area contributed by atoms with E-state index in [2.05, 4.69) is 17.3 Å². The molecule has 196 valence electrons. The van der Waals surface area contributed by atoms with Crippen LogP contribution in [-0.2, 0) is 25.4 Å². The summed E-state index contributed by atoms with van der Waals surface area (Å²) >= 11 is 0. The van der Waals surface area contributed by atoms with Crippen LogP contribution in [0.1, 0.15) is 64.9 Å². The first-order valence-electron chi connectivity index (χ1n) is 12.8. The molecular weight excluding hydrogens is 448 g/mol. The zero-order valence-corrected chi connectivity index (χ0v) is 21.9. The average Bonchev–Trinajstić information content (AvgIpc) is 2.81. The van der Waals surface area contributed by atoms with Crippen molar-refractivity contribution in [1.29, 1.82) is 0 Å². The van der Waals surface area contributed by atoms with Gasteiger partial charge in [-0.3, -0.25) is 0 Å². The minimum atomic E-state index is -0.832. The van der Waals surface area contributed by atoms with E-state index >= 15 is 0 Å². The Labute approximate surface area is 209 Å². The summed E-state index contributed by atoms with van der Waals surface area (Å²) in [5.74, 6) is 0.290. The van der Waals surface area contributed by atoms with E-state index in [9.17, 15) is 9.59 Å². The van der Waals surface area contributed by atoms with Gasteiger partial charge in [-0.2, -0.15) is 0 Å². The molecule has 1 amide bonds. The predicted octanol–water partition coefficient (Wildman–Crippen LogP) is 4.10. The molecule has 1 unspecified atom stereocenters. The van der Waals surface area contributed by atoms with Crippen molar-refractivity contribution in [3.63, 3.8) is 0 Å². The Bertz CT molecular complexity index is 806. The molecule has 8 heteroatoms. The molecule has 0 radical (unpaired) electrons. The Kier molecular flexibility index (Phi) is 9.80. The summed E-state index contributed by atoms with van der Waals surface area (Å²) in [5, 5.41) is 2.61. The fourth-order valence-corrected chi connectivity index (χ4v) is 4.60. The van der Waals surface area contributed by atoms with Gasteiger partial charge in [0.05, 0.1) is 25.4 Å². The lowest BCUT2D eigenvalue weighted by Crippen LogP contribution is -2.45. The second kappa shape index (κ2) is 12.6. The molecule has 1 aliphatic heterocycles. The van der Waals surface area contributed by atoms with Gasteiger partial charge in [0.1, 0.15) is 17.4 Å². The Hall–Kier alpha value is -2.32. The normalized spacial score (nSPS) is 22.8. The van der Waals surface area contributed by atoms with E-state index in [1.165, 1.54) is 7.11 Å². The highest BCUT2D eigenvalue weighted by Gasteiger charge is 2.28. The van der Waals surface area contributed by atoms with Crippen LogP contribution in [-0.4, -0.2) is 74.2 Å². The van der Waals surface area contributed by atoms with Gasteiger partial charge in [0.2, 0.25) is 0 Å². The molecule has 35 heavy (non-hydrogen) atoms. The number of esters is 1. The summed E-state index contributed by atoms with van der Waals surface area (Å²) in [6.07, 6.45) is 6.89. The molecule has 1 aromatic carbocycles. The lowest BCUT2D eigenvalue weighted by molar-refractivity contribution is -0.143. The fourth-order valence-electron chi connectivity index (χ4n) is 4.60. The van der Waals surface area contributed by atoms with Crippen molar-refractivity contribution in [2.24, 2.45) is 0 Å². The van der Waals surface area contributed by atoms with E-state index in [0.717, 1.165) is 62.9 Å². The number of carbonyl (C=O) groups is 2. The number of nitrogens with one attached hydrogen (secondary N) is 1. The number of piperidine rings is 1. The third kappa shape index (κ3) is 9.33. The zero-order valence-electron chi connectivity index (χ0n) is 21.9. The molecule has 1 heterocycles. The largest absolute Gasteiger partial charge is 0.490 e. The molecule has 1 saturated heterocycles. The molecule has 0 aromatic heterocycles. The molecule has 1 saturated carbocycles. The Morgan fingerprint density at radius 1 is 0.971 bits per heavy atom. The van der Waals surface area contributed by atoms with Crippen molar-refractivity contribution in [3.8, 4) is 5.75 Å². The van der Waals surface area contributed by atoms with E-state index in [1.807, 2.05) is 24.3 Å². The van der Waals surface area contributed by atoms with Crippen molar-refractivity contribution >= 4 is 12.1 Å². The van der Waals surface area contributed by atoms with Crippen molar-refractivity contribution in [2.45, 2.75) is 95.7 Å². The van der Waals surface area contributed by atoms with E-state index in [0.29, 0.717) is 18.6 Å². The first-order valence-corrected chi connectivity index (χ1v) is 12.8. The number of nitrogens with zero attached hydrogens (tertiary/aromatic N) is 1. The number of hydrogen-bond donors (Lipinski definition) is 1. The minimum Gasteiger partial charge on any atom is -0.490 e. The minimum absolute atomic E-state index is 0.190. The third-order valence-corrected chi connectivity index (χ3v) is 6.51. The van der Waals surface area contributed by atoms with Crippen LogP contribution < -0.4 is 10.1 Å². The van der Waals surface area contributed by atoms with Gasteiger partial charge in [0, 0.05) is 19.5 Å². The fraction of sp³-hybridized carbons (Fsp3) is 0.704. The van der Waals surface area contributed by atoms with Gasteiger partial charge in [-0.05, 0) is 84.0 Å². The second-order valence-electron chi connectivity index (χ2n) is 10.7. The van der Waals surface area contributed by atoms with Crippen LogP contribution in [0.25, 0.3) is 0 Å². The van der Waals surface area contributed by atoms with Gasteiger partial charge in [-0.1, -0.05) is 12.1 Å². The highest BCUT2D eigenvalue weighted by atomic mass is 16.6. The van der Waals surface area contributed by atoms with Crippen LogP contribution >= 0.6 is 0 Å². The van der Waals surface area contributed by atoms with Gasteiger partial charge >= 0.3 is 12.1 Å². The van der Waals surface area contributed by atoms with E-state index in [4.69, 9.17) is 18.9 Å². The maximum Gasteiger partial charge on any atom is 0.408 e. The number of ether oxygens (including phenoxy) is 4. The van der Waals surface area contributed by atoms with Crippen LogP contribution in [0.2, 0.25) is 0 Å². The van der Waals surface area contributed by atoms with Crippen LogP contribution in [0.5, 0.6) is 5.75 Å². The smallest absolute Gasteiger partial charge is 0.408 e. The summed E-state index contributed by atoms with van der Waals surface area (Å²) in [6, 6.07) is 6.83. The van der Waals surface area contributed by atoms with Gasteiger partial charge in [0.15, 0.2) is 0 Å². The average molecular weight is 491 g/mol. The summed E-state index contributed by atoms with van der Waals surface area (Å²) in [4.78, 5) is 26.7. The zero-order chi connectivity index (χ0) is 25.4. The van der Waals surface area contributed by atoms with Crippen molar-refractivity contribution in [3.05, 3.63) is 29.8 Å². The molecule has 8 nitrogen and oxygen atoms in total. The maximum atomic E-state index is 12.2. The molecule has 1 N–H and O–H groups in total. The molecule has 1 aliphatic carbocycles. The Balaban J connectivity index is 1.45. The van der Waals surface area contributed by atoms with E-state index < -0.39 is 23.7 Å². The molecule has 1 aromatic rings. The van der Waals surface area contributed by atoms with Crippen molar-refractivity contribution in [2.75, 3.05) is 27.2 Å². The Morgan fingerprint density at radius 3 is 2.11 bits per heavy atom. The molecule has 1 atom stereocenters. The van der Waals surface area contributed by atoms with Crippen LogP contribution in [0.3, 0.4) is 0 Å². The lowest BCUT2D eigenvalue weighted by Gasteiger charge is -2.35. The number of methoxy groups -OCH3 is 1. The standard InChI is InChI=1S/C27H42N2O6/c1-27(2,3)35-26(31)28-24(25(30)32-5)18-19-6-8-20(9-7-19)33-21-10-12-22(13-11-21)34-23-14-16-29(4)17-15-23/h6-9,21-24H,10-18H2,1-5H3,(H,28,31). The SMILES string of the molecule is COC(=O)C(Cc1ccc(OC2CCC(OC3CCN(C)CC3)CC2)cc1)NC(=O)OC(C)(C)C. The van der Waals surface area contributed by atoms with E-state index in [1.54, 1.807) is 20.8 Å². The molecule has 3 rings (SSSR count). The highest BCUT2D eigenvalue weighted by molar-refractivity contribution is 5.81. The quantitative estimate of drug-likeness (QED) is 0.549. The van der Waals surface area contributed by atoms with Gasteiger partial charge in [-0.15, -0.1) is 0 Å². The van der Waals surface area contributed by atoms with Gasteiger partial charge in [-0.25, -0.2) is 9.59 Å². The first-order chi connectivity index (χ1) is 16.6. The molecule has 2 aliphatic rings. The number of alkyl carbamates (subject to hydrolysis) is 1. The molecule has 0 spiro atoms. The molecular formula is C27H42N2O6. The summed E-state index contributed by atoms with van der Waals surface area (Å²) in [7, 11) is 3.47. The van der Waals surface area contributed by atoms with E-state index in [-0.39, 0.29) is 6.10 Å². The van der Waals surface area contributed by atoms with Crippen molar-refractivity contribution in [1.82, 2.24) is 10.2 Å². The topological polar surface area (TPSA) is 86.3 Å². The second-order valence-corrected chi connectivity index (χ2v) is 10.7. The number of hydrogen-bond acceptors (Lipinski definition) is 7. The number of likely N-dealkylation sites (tertiary alicyclic amines) is 1. The van der Waals surface area contributed by atoms with Gasteiger partial charge < -0.3 is 29.2 Å². The monoisotopic (exact) mass is 490 g/mol. The first kappa shape index (κ1) is 27.3. The number of benzene rings is 1. The number of rotatable bonds is 8. The predicted molar refractivity (Wildman–Crippen MR) is 134 cm³/mol. The Morgan fingerprint density at radius 2 is 1.54 bits per heavy atom. The highest BCUT2D eigenvalue weighted by Crippen LogP contribution is 2.28. The number of carbonyl (C=O) groups excluding carboxylic acids is 2. The molecule has 0 bridgehead atoms. The summed E-state index contributed by atoms with van der Waals surface area (Å²) in [5.41, 5.74) is 0.237. The molecule has 2 fully saturated rings. The van der Waals surface area contributed by atoms with Crippen LogP contribution in [0, 0.1) is 0 Å². The third-order valence-electron chi connectivity index (χ3n) is 6.51. The van der Waals surface area contributed by atoms with Crippen LogP contribution in [0.4, 0.5) is 4.79 Å². The number of amides is 1. The van der Waals surface area contributed by atoms with Crippen molar-refractivity contribution < 1.29 is 28.5 Å². The van der Waals surface area contributed by atoms with Gasteiger partial charge in [0.25, 0.3) is 0 Å². The summed E-state index contributed by atoms with van der Waals surface area (Å²) < 4.78 is 22.7. The summed E-state index contributed by atoms with van der Waals surface area (Å²) in [6.45, 7) is 7.56.